The van der Waals surface area contributed by atoms with Gasteiger partial charge in [0.1, 0.15) is 0 Å². The fraction of sp³-hybridized carbons (Fsp3) is 0.684. The lowest BCUT2D eigenvalue weighted by atomic mass is 9.86. The molecule has 134 valence electrons. The number of pyridine rings is 1. The smallest absolute Gasteiger partial charge is 0.228 e. The number of aryl methyl sites for hydroxylation is 1. The molecule has 1 heterocycles. The molecule has 0 N–H and O–H groups in total. The summed E-state index contributed by atoms with van der Waals surface area (Å²) in [7, 11) is 2.01. The van der Waals surface area contributed by atoms with Crippen LogP contribution >= 0.6 is 15.9 Å². The van der Waals surface area contributed by atoms with Crippen molar-refractivity contribution in [3.63, 3.8) is 0 Å². The second kappa shape index (κ2) is 10.0. The van der Waals surface area contributed by atoms with Crippen LogP contribution in [0.5, 0.6) is 5.88 Å². The van der Waals surface area contributed by atoms with Gasteiger partial charge in [0.25, 0.3) is 0 Å². The first kappa shape index (κ1) is 19.2. The fourth-order valence-electron chi connectivity index (χ4n) is 3.04. The summed E-state index contributed by atoms with van der Waals surface area (Å²) in [5, 5.41) is 0. The van der Waals surface area contributed by atoms with E-state index in [1.165, 1.54) is 38.5 Å². The summed E-state index contributed by atoms with van der Waals surface area (Å²) < 4.78 is 6.76. The minimum Gasteiger partial charge on any atom is -0.477 e. The zero-order valence-electron chi connectivity index (χ0n) is 15.2. The number of halogens is 1. The zero-order chi connectivity index (χ0) is 17.4. The maximum Gasteiger partial charge on any atom is 0.228 e. The van der Waals surface area contributed by atoms with Crippen LogP contribution in [0, 0.1) is 12.8 Å². The largest absolute Gasteiger partial charge is 0.477 e. The van der Waals surface area contributed by atoms with Gasteiger partial charge in [-0.3, -0.25) is 0 Å². The molecule has 1 fully saturated rings. The van der Waals surface area contributed by atoms with Crippen molar-refractivity contribution in [2.75, 3.05) is 20.2 Å². The summed E-state index contributed by atoms with van der Waals surface area (Å²) in [6.07, 6.45) is 11.3. The number of hydrogen-bond donors (Lipinski definition) is 0. The van der Waals surface area contributed by atoms with E-state index in [1.807, 2.05) is 31.3 Å². The Labute approximate surface area is 154 Å². The van der Waals surface area contributed by atoms with Crippen molar-refractivity contribution < 1.29 is 4.74 Å². The second-order valence-corrected chi connectivity index (χ2v) is 7.55. The quantitative estimate of drug-likeness (QED) is 0.331. The molecule has 0 bridgehead atoms. The van der Waals surface area contributed by atoms with E-state index in [4.69, 9.17) is 4.74 Å². The van der Waals surface area contributed by atoms with Gasteiger partial charge < -0.3 is 9.64 Å². The van der Waals surface area contributed by atoms with Crippen LogP contribution in [0.2, 0.25) is 0 Å². The monoisotopic (exact) mass is 395 g/mol. The van der Waals surface area contributed by atoms with Crippen molar-refractivity contribution in [1.29, 1.82) is 0 Å². The number of rotatable bonds is 8. The summed E-state index contributed by atoms with van der Waals surface area (Å²) in [6.45, 7) is 5.74. The molecule has 0 radical (unpaired) electrons. The van der Waals surface area contributed by atoms with Crippen LogP contribution in [-0.4, -0.2) is 36.4 Å². The maximum atomic E-state index is 5.89. The summed E-state index contributed by atoms with van der Waals surface area (Å²) in [4.78, 5) is 11.1. The Morgan fingerprint density at radius 3 is 2.83 bits per heavy atom. The van der Waals surface area contributed by atoms with Gasteiger partial charge in [-0.2, -0.15) is 0 Å². The lowest BCUT2D eigenvalue weighted by molar-refractivity contribution is 0.261. The predicted molar refractivity (Wildman–Crippen MR) is 104 cm³/mol. The van der Waals surface area contributed by atoms with Gasteiger partial charge >= 0.3 is 0 Å². The Hall–Kier alpha value is -1.10. The number of aromatic nitrogens is 1. The van der Waals surface area contributed by atoms with Crippen molar-refractivity contribution in [2.24, 2.45) is 10.9 Å². The molecule has 1 aromatic heterocycles. The molecule has 0 aromatic carbocycles. The molecule has 4 nitrogen and oxygen atoms in total. The topological polar surface area (TPSA) is 37.7 Å². The van der Waals surface area contributed by atoms with Gasteiger partial charge in [0.15, 0.2) is 0 Å². The molecule has 0 spiro atoms. The van der Waals surface area contributed by atoms with Crippen molar-refractivity contribution in [3.05, 3.63) is 16.2 Å². The van der Waals surface area contributed by atoms with Gasteiger partial charge in [0, 0.05) is 13.6 Å². The van der Waals surface area contributed by atoms with Gasteiger partial charge in [-0.05, 0) is 54.6 Å². The maximum absolute atomic E-state index is 5.89. The number of ether oxygens (including phenoxy) is 1. The fourth-order valence-corrected chi connectivity index (χ4v) is 3.46. The first-order valence-electron chi connectivity index (χ1n) is 9.14. The van der Waals surface area contributed by atoms with Gasteiger partial charge in [-0.15, -0.1) is 0 Å². The van der Waals surface area contributed by atoms with Crippen molar-refractivity contribution in [3.8, 4) is 5.88 Å². The molecule has 0 amide bonds. The van der Waals surface area contributed by atoms with E-state index < -0.39 is 0 Å². The molecule has 2 rings (SSSR count). The number of aliphatic imine (C=N–C) groups is 1. The van der Waals surface area contributed by atoms with Crippen molar-refractivity contribution in [1.82, 2.24) is 9.88 Å². The van der Waals surface area contributed by atoms with Crippen LogP contribution in [-0.2, 0) is 0 Å². The van der Waals surface area contributed by atoms with E-state index in [0.717, 1.165) is 41.3 Å². The first-order chi connectivity index (χ1) is 11.6. The van der Waals surface area contributed by atoms with Crippen LogP contribution < -0.4 is 4.74 Å². The minimum absolute atomic E-state index is 0.680. The van der Waals surface area contributed by atoms with Crippen molar-refractivity contribution in [2.45, 2.75) is 58.8 Å². The van der Waals surface area contributed by atoms with Crippen LogP contribution in [0.4, 0.5) is 5.69 Å². The van der Waals surface area contributed by atoms with Crippen LogP contribution in [0.1, 0.15) is 57.6 Å². The Balaban J connectivity index is 1.84. The highest BCUT2D eigenvalue weighted by atomic mass is 79.9. The Morgan fingerprint density at radius 1 is 1.38 bits per heavy atom. The Kier molecular flexibility index (Phi) is 8.03. The van der Waals surface area contributed by atoms with Crippen LogP contribution in [0.3, 0.4) is 0 Å². The zero-order valence-corrected chi connectivity index (χ0v) is 16.8. The number of hydrogen-bond acceptors (Lipinski definition) is 3. The highest BCUT2D eigenvalue weighted by Crippen LogP contribution is 2.30. The van der Waals surface area contributed by atoms with E-state index in [1.54, 1.807) is 0 Å². The normalized spacial score (nSPS) is 15.8. The lowest BCUT2D eigenvalue weighted by Gasteiger charge is -2.21. The molecule has 0 aliphatic heterocycles. The molecule has 24 heavy (non-hydrogen) atoms. The average Bonchev–Trinajstić information content (AvgIpc) is 2.60. The molecule has 1 saturated carbocycles. The highest BCUT2D eigenvalue weighted by Gasteiger charge is 2.13. The van der Waals surface area contributed by atoms with E-state index in [2.05, 4.69) is 32.8 Å². The molecule has 1 aliphatic rings. The number of nitrogens with zero attached hydrogens (tertiary/aromatic N) is 3. The standard InChI is InChI=1S/C19H30BrN3O/c1-4-23(3)14-21-18-13-17(20)19(22-15(18)2)24-12-8-11-16-9-6-5-7-10-16/h13-14,16H,4-12H2,1-3H3/b21-14+. The second-order valence-electron chi connectivity index (χ2n) is 6.69. The van der Waals surface area contributed by atoms with Crippen molar-refractivity contribution >= 4 is 28.0 Å². The summed E-state index contributed by atoms with van der Waals surface area (Å²) >= 11 is 3.56. The van der Waals surface area contributed by atoms with E-state index in [9.17, 15) is 0 Å². The van der Waals surface area contributed by atoms with E-state index in [-0.39, 0.29) is 0 Å². The van der Waals surface area contributed by atoms with Gasteiger partial charge in [0.2, 0.25) is 5.88 Å². The average molecular weight is 396 g/mol. The third-order valence-corrected chi connectivity index (χ3v) is 5.29. The molecule has 5 heteroatoms. The highest BCUT2D eigenvalue weighted by molar-refractivity contribution is 9.10. The van der Waals surface area contributed by atoms with Gasteiger partial charge in [-0.25, -0.2) is 9.98 Å². The predicted octanol–water partition coefficient (Wildman–Crippen LogP) is 5.50. The first-order valence-corrected chi connectivity index (χ1v) is 9.93. The Morgan fingerprint density at radius 2 is 2.12 bits per heavy atom. The van der Waals surface area contributed by atoms with E-state index >= 15 is 0 Å². The minimum atomic E-state index is 0.680. The molecule has 1 aliphatic carbocycles. The molecule has 0 saturated heterocycles. The molecule has 0 unspecified atom stereocenters. The van der Waals surface area contributed by atoms with Gasteiger partial charge in [0.05, 0.1) is 28.8 Å². The third kappa shape index (κ3) is 6.08. The van der Waals surface area contributed by atoms with Crippen LogP contribution in [0.15, 0.2) is 15.5 Å². The summed E-state index contributed by atoms with van der Waals surface area (Å²) in [6, 6.07) is 1.98. The summed E-state index contributed by atoms with van der Waals surface area (Å²) in [5.41, 5.74) is 1.76. The Bertz CT molecular complexity index is 542. The summed E-state index contributed by atoms with van der Waals surface area (Å²) in [5.74, 6) is 1.59. The SMILES string of the molecule is CCN(C)/C=N/c1cc(Br)c(OCCCC2CCCCC2)nc1C. The molecular weight excluding hydrogens is 366 g/mol. The third-order valence-electron chi connectivity index (χ3n) is 4.72. The van der Waals surface area contributed by atoms with Gasteiger partial charge in [-0.1, -0.05) is 32.1 Å². The molecule has 1 aromatic rings. The van der Waals surface area contributed by atoms with Crippen LogP contribution in [0.25, 0.3) is 0 Å². The molecular formula is C19H30BrN3O. The van der Waals surface area contributed by atoms with E-state index in [0.29, 0.717) is 5.88 Å². The molecule has 0 atom stereocenters. The lowest BCUT2D eigenvalue weighted by Crippen LogP contribution is -2.14.